The van der Waals surface area contributed by atoms with E-state index in [2.05, 4.69) is 34.9 Å². The third kappa shape index (κ3) is 5.63. The lowest BCUT2D eigenvalue weighted by atomic mass is 10.1. The van der Waals surface area contributed by atoms with Crippen molar-refractivity contribution in [2.75, 3.05) is 19.5 Å². The summed E-state index contributed by atoms with van der Waals surface area (Å²) in [6.07, 6.45) is 1.83. The van der Waals surface area contributed by atoms with Crippen LogP contribution in [-0.2, 0) is 11.4 Å². The second-order valence-electron chi connectivity index (χ2n) is 8.31. The summed E-state index contributed by atoms with van der Waals surface area (Å²) in [5, 5.41) is 9.09. The molecule has 2 N–H and O–H groups in total. The van der Waals surface area contributed by atoms with Crippen LogP contribution in [0.1, 0.15) is 11.1 Å². The van der Waals surface area contributed by atoms with Gasteiger partial charge in [-0.25, -0.2) is 0 Å². The molecule has 1 fully saturated rings. The van der Waals surface area contributed by atoms with Gasteiger partial charge in [-0.2, -0.15) is 0 Å². The molecule has 4 aromatic carbocycles. The number of hydrogen-bond donors (Lipinski definition) is 2. The minimum atomic E-state index is -0.365. The summed E-state index contributed by atoms with van der Waals surface area (Å²) < 4.78 is 17.1. The lowest BCUT2D eigenvalue weighted by molar-refractivity contribution is -0.116. The molecule has 8 heteroatoms. The van der Waals surface area contributed by atoms with Gasteiger partial charge < -0.3 is 24.8 Å². The second-order valence-corrected chi connectivity index (χ2v) is 9.89. The zero-order valence-corrected chi connectivity index (χ0v) is 21.9. The highest BCUT2D eigenvalue weighted by molar-refractivity contribution is 8.05. The molecule has 5 rings (SSSR count). The number of benzene rings is 4. The molecule has 0 aliphatic carbocycles. The van der Waals surface area contributed by atoms with E-state index in [4.69, 9.17) is 25.8 Å². The highest BCUT2D eigenvalue weighted by Gasteiger charge is 2.28. The minimum absolute atomic E-state index is 0.168. The maximum Gasteiger partial charge on any atom is 0.260 e. The summed E-state index contributed by atoms with van der Waals surface area (Å²) in [7, 11) is 3.19. The van der Waals surface area contributed by atoms with Gasteiger partial charge in [0.15, 0.2) is 17.0 Å². The van der Waals surface area contributed by atoms with Crippen molar-refractivity contribution in [3.05, 3.63) is 99.9 Å². The molecule has 6 nitrogen and oxygen atoms in total. The number of rotatable bonds is 8. The quantitative estimate of drug-likeness (QED) is 0.246. The van der Waals surface area contributed by atoms with Gasteiger partial charge in [0.2, 0.25) is 0 Å². The number of nitrogens with one attached hydrogen (secondary N) is 2. The molecule has 188 valence electrons. The third-order valence-corrected chi connectivity index (χ3v) is 7.19. The van der Waals surface area contributed by atoms with Crippen molar-refractivity contribution in [2.45, 2.75) is 12.1 Å². The standard InChI is InChI=1S/C29H25ClN2O4S/c1-34-24-13-11-21(30)16-23(24)31-29-32-28(33)27(37-29)15-18-10-12-25(26(14-18)35-2)36-17-20-8-5-7-19-6-3-4-9-22(19)20/h3-16,29,31H,17H2,1-2H3,(H,32,33)/b27-15-. The van der Waals surface area contributed by atoms with E-state index in [1.165, 1.54) is 17.1 Å². The highest BCUT2D eigenvalue weighted by atomic mass is 35.5. The smallest absolute Gasteiger partial charge is 0.260 e. The molecule has 1 heterocycles. The normalized spacial score (nSPS) is 16.0. The van der Waals surface area contributed by atoms with Crippen molar-refractivity contribution in [1.29, 1.82) is 0 Å². The van der Waals surface area contributed by atoms with Crippen molar-refractivity contribution in [3.63, 3.8) is 0 Å². The number of hydrogen-bond acceptors (Lipinski definition) is 6. The number of halogens is 1. The number of fused-ring (bicyclic) bond motifs is 1. The van der Waals surface area contributed by atoms with Crippen LogP contribution in [-0.4, -0.2) is 25.6 Å². The molecule has 1 unspecified atom stereocenters. The summed E-state index contributed by atoms with van der Waals surface area (Å²) in [6.45, 7) is 0.413. The molecular weight excluding hydrogens is 508 g/mol. The van der Waals surface area contributed by atoms with E-state index in [9.17, 15) is 4.79 Å². The molecule has 0 radical (unpaired) electrons. The van der Waals surface area contributed by atoms with Gasteiger partial charge in [-0.3, -0.25) is 4.79 Å². The molecule has 1 aliphatic rings. The molecule has 1 atom stereocenters. The molecule has 1 amide bonds. The number of amides is 1. The lowest BCUT2D eigenvalue weighted by Crippen LogP contribution is -2.31. The third-order valence-electron chi connectivity index (χ3n) is 5.93. The summed E-state index contributed by atoms with van der Waals surface area (Å²) in [5.41, 5.74) is 2.26. The predicted molar refractivity (Wildman–Crippen MR) is 150 cm³/mol. The fraction of sp³-hybridized carbons (Fsp3) is 0.138. The van der Waals surface area contributed by atoms with Crippen molar-refractivity contribution < 1.29 is 19.0 Å². The van der Waals surface area contributed by atoms with Crippen LogP contribution >= 0.6 is 23.4 Å². The van der Waals surface area contributed by atoms with Gasteiger partial charge in [-0.1, -0.05) is 71.9 Å². The molecule has 0 saturated carbocycles. The summed E-state index contributed by atoms with van der Waals surface area (Å²) in [6, 6.07) is 25.3. The zero-order valence-electron chi connectivity index (χ0n) is 20.3. The first-order chi connectivity index (χ1) is 18.0. The Hall–Kier alpha value is -3.81. The van der Waals surface area contributed by atoms with Crippen LogP contribution in [0.2, 0.25) is 5.02 Å². The van der Waals surface area contributed by atoms with Gasteiger partial charge >= 0.3 is 0 Å². The predicted octanol–water partition coefficient (Wildman–Crippen LogP) is 6.69. The Morgan fingerprint density at radius 1 is 0.946 bits per heavy atom. The first-order valence-corrected chi connectivity index (χ1v) is 12.9. The molecule has 4 aromatic rings. The van der Waals surface area contributed by atoms with Gasteiger partial charge in [-0.05, 0) is 58.3 Å². The molecule has 0 aromatic heterocycles. The SMILES string of the molecule is COc1ccc(Cl)cc1NC1NC(=O)/C(=C/c2ccc(OCc3cccc4ccccc34)c(OC)c2)S1. The second kappa shape index (κ2) is 11.1. The van der Waals surface area contributed by atoms with E-state index in [1.54, 1.807) is 32.4 Å². The summed E-state index contributed by atoms with van der Waals surface area (Å²) in [4.78, 5) is 13.2. The van der Waals surface area contributed by atoms with Crippen molar-refractivity contribution >= 4 is 51.8 Å². The van der Waals surface area contributed by atoms with E-state index in [-0.39, 0.29) is 11.4 Å². The number of methoxy groups -OCH3 is 2. The average molecular weight is 533 g/mol. The molecule has 37 heavy (non-hydrogen) atoms. The average Bonchev–Trinajstić information content (AvgIpc) is 3.25. The highest BCUT2D eigenvalue weighted by Crippen LogP contribution is 2.36. The first kappa shape index (κ1) is 24.9. The fourth-order valence-corrected chi connectivity index (χ4v) is 5.27. The van der Waals surface area contributed by atoms with Crippen molar-refractivity contribution in [2.24, 2.45) is 0 Å². The van der Waals surface area contributed by atoms with Crippen LogP contribution in [0.5, 0.6) is 17.2 Å². The molecule has 1 saturated heterocycles. The lowest BCUT2D eigenvalue weighted by Gasteiger charge is -2.15. The van der Waals surface area contributed by atoms with E-state index in [0.29, 0.717) is 39.5 Å². The largest absolute Gasteiger partial charge is 0.495 e. The van der Waals surface area contributed by atoms with Crippen molar-refractivity contribution in [3.8, 4) is 17.2 Å². The van der Waals surface area contributed by atoms with Crippen LogP contribution in [0.25, 0.3) is 16.8 Å². The maximum absolute atomic E-state index is 12.6. The summed E-state index contributed by atoms with van der Waals surface area (Å²) >= 11 is 7.50. The Kier molecular flexibility index (Phi) is 7.44. The molecule has 0 bridgehead atoms. The van der Waals surface area contributed by atoms with Crippen LogP contribution < -0.4 is 24.8 Å². The van der Waals surface area contributed by atoms with Crippen molar-refractivity contribution in [1.82, 2.24) is 5.32 Å². The van der Waals surface area contributed by atoms with Gasteiger partial charge in [0, 0.05) is 5.02 Å². The van der Waals surface area contributed by atoms with Crippen LogP contribution in [0.15, 0.2) is 83.8 Å². The van der Waals surface area contributed by atoms with Gasteiger partial charge in [-0.15, -0.1) is 0 Å². The first-order valence-electron chi connectivity index (χ1n) is 11.6. The van der Waals surface area contributed by atoms with E-state index >= 15 is 0 Å². The Balaban J connectivity index is 1.30. The van der Waals surface area contributed by atoms with E-state index in [1.807, 2.05) is 42.5 Å². The van der Waals surface area contributed by atoms with Crippen LogP contribution in [0, 0.1) is 0 Å². The maximum atomic E-state index is 12.6. The minimum Gasteiger partial charge on any atom is -0.495 e. The summed E-state index contributed by atoms with van der Waals surface area (Å²) in [5.74, 6) is 1.70. The van der Waals surface area contributed by atoms with Crippen LogP contribution in [0.3, 0.4) is 0 Å². The van der Waals surface area contributed by atoms with Gasteiger partial charge in [0.1, 0.15) is 12.4 Å². The zero-order chi connectivity index (χ0) is 25.8. The van der Waals surface area contributed by atoms with Gasteiger partial charge in [0.05, 0.1) is 24.8 Å². The van der Waals surface area contributed by atoms with Crippen LogP contribution in [0.4, 0.5) is 5.69 Å². The Bertz CT molecular complexity index is 1490. The number of thioether (sulfide) groups is 1. The Morgan fingerprint density at radius 2 is 1.73 bits per heavy atom. The topological polar surface area (TPSA) is 68.8 Å². The molecule has 1 aliphatic heterocycles. The number of carbonyl (C=O) groups is 1. The number of carbonyl (C=O) groups excluding carboxylic acids is 1. The monoisotopic (exact) mass is 532 g/mol. The Morgan fingerprint density at radius 3 is 2.57 bits per heavy atom. The van der Waals surface area contributed by atoms with Gasteiger partial charge in [0.25, 0.3) is 5.91 Å². The number of anilines is 1. The molecule has 0 spiro atoms. The molecular formula is C29H25ClN2O4S. The van der Waals surface area contributed by atoms with E-state index < -0.39 is 0 Å². The Labute approximate surface area is 224 Å². The number of ether oxygens (including phenoxy) is 3. The van der Waals surface area contributed by atoms with E-state index in [0.717, 1.165) is 16.5 Å². The fourth-order valence-electron chi connectivity index (χ4n) is 4.12.